The molecule has 0 radical (unpaired) electrons. The number of rotatable bonds is 6. The van der Waals surface area contributed by atoms with Crippen molar-refractivity contribution in [2.45, 2.75) is 42.9 Å². The molecular weight excluding hydrogens is 391 g/mol. The first-order valence-electron chi connectivity index (χ1n) is 9.09. The summed E-state index contributed by atoms with van der Waals surface area (Å²) in [5.74, 6) is 0. The minimum absolute atomic E-state index is 0.241. The summed E-state index contributed by atoms with van der Waals surface area (Å²) in [5.41, 5.74) is 1.12. The third-order valence-electron chi connectivity index (χ3n) is 5.59. The molecule has 2 aromatic carbocycles. The first kappa shape index (κ1) is 18.9. The molecule has 0 unspecified atom stereocenters. The Morgan fingerprint density at radius 2 is 1.80 bits per heavy atom. The van der Waals surface area contributed by atoms with Gasteiger partial charge in [-0.3, -0.25) is 0 Å². The van der Waals surface area contributed by atoms with E-state index < -0.39 is 8.07 Å². The maximum atomic E-state index is 10.5. The van der Waals surface area contributed by atoms with Crippen LogP contribution in [0.25, 0.3) is 0 Å². The Balaban J connectivity index is 2.00. The molecule has 1 heterocycles. The molecule has 4 heteroatoms. The summed E-state index contributed by atoms with van der Waals surface area (Å²) in [6.45, 7) is 8.77. The summed E-state index contributed by atoms with van der Waals surface area (Å²) in [6, 6.07) is 19.5. The van der Waals surface area contributed by atoms with Gasteiger partial charge >= 0.3 is 159 Å². The molecule has 0 saturated carbocycles. The molecule has 2 aromatic rings. The van der Waals surface area contributed by atoms with E-state index in [1.807, 2.05) is 13.0 Å². The van der Waals surface area contributed by atoms with E-state index in [1.165, 1.54) is 9.65 Å². The van der Waals surface area contributed by atoms with Crippen LogP contribution in [0.4, 0.5) is 0 Å². The number of hydrogen-bond acceptors (Lipinski definition) is 2. The summed E-state index contributed by atoms with van der Waals surface area (Å²) >= 11 is 0.280. The van der Waals surface area contributed by atoms with Crippen molar-refractivity contribution in [1.82, 2.24) is 0 Å². The number of aliphatic hydroxyl groups is 1. The second-order valence-electron chi connectivity index (χ2n) is 7.35. The Labute approximate surface area is 158 Å². The molecule has 1 N–H and O–H groups in total. The quantitative estimate of drug-likeness (QED) is 0.729. The van der Waals surface area contributed by atoms with E-state index in [0.717, 1.165) is 31.6 Å². The second-order valence-corrected chi connectivity index (χ2v) is 15.9. The third kappa shape index (κ3) is 3.65. The van der Waals surface area contributed by atoms with Gasteiger partial charge in [0.25, 0.3) is 0 Å². The monoisotopic (exact) mass is 420 g/mol. The van der Waals surface area contributed by atoms with Gasteiger partial charge in [0.1, 0.15) is 0 Å². The summed E-state index contributed by atoms with van der Waals surface area (Å²) in [5, 5.41) is 12.0. The Morgan fingerprint density at radius 3 is 2.44 bits per heavy atom. The van der Waals surface area contributed by atoms with Crippen molar-refractivity contribution in [3.8, 4) is 0 Å². The predicted molar refractivity (Wildman–Crippen MR) is 109 cm³/mol. The normalized spacial score (nSPS) is 22.1. The third-order valence-corrected chi connectivity index (χ3v) is 16.5. The fraction of sp³-hybridized carbons (Fsp3) is 0.429. The Morgan fingerprint density at radius 1 is 1.12 bits per heavy atom. The van der Waals surface area contributed by atoms with Crippen LogP contribution >= 0.6 is 0 Å². The molecule has 1 aliphatic rings. The zero-order valence-electron chi connectivity index (χ0n) is 15.4. The molecule has 2 atom stereocenters. The molecule has 1 aliphatic heterocycles. The van der Waals surface area contributed by atoms with Gasteiger partial charge in [0.05, 0.1) is 0 Å². The molecule has 0 amide bonds. The molecule has 0 bridgehead atoms. The van der Waals surface area contributed by atoms with Crippen LogP contribution in [0.5, 0.6) is 0 Å². The van der Waals surface area contributed by atoms with Crippen molar-refractivity contribution in [3.63, 3.8) is 0 Å². The zero-order valence-corrected chi connectivity index (χ0v) is 18.1. The van der Waals surface area contributed by atoms with E-state index in [9.17, 15) is 5.11 Å². The molecule has 0 aromatic heterocycles. The van der Waals surface area contributed by atoms with Gasteiger partial charge in [0, 0.05) is 0 Å². The standard InChI is InChI=1S/C21H28O2SeSi/c1-4-19(22)18-12-8-9-13-20(18)24-21(14-15-23-16-21)25(2,3)17-10-6-5-7-11-17/h5-13,19,22H,4,14-16H2,1-3H3/t19-,21+/m0/s1. The van der Waals surface area contributed by atoms with E-state index in [1.54, 1.807) is 0 Å². The van der Waals surface area contributed by atoms with Gasteiger partial charge in [0.2, 0.25) is 0 Å². The van der Waals surface area contributed by atoms with E-state index in [0.29, 0.717) is 0 Å². The summed E-state index contributed by atoms with van der Waals surface area (Å²) in [7, 11) is -1.73. The topological polar surface area (TPSA) is 29.5 Å². The molecule has 3 rings (SSSR count). The van der Waals surface area contributed by atoms with Crippen molar-refractivity contribution < 1.29 is 9.84 Å². The van der Waals surface area contributed by atoms with E-state index in [-0.39, 0.29) is 25.0 Å². The van der Waals surface area contributed by atoms with Gasteiger partial charge in [0.15, 0.2) is 0 Å². The Bertz CT molecular complexity index is 696. The van der Waals surface area contributed by atoms with Gasteiger partial charge in [-0.05, 0) is 0 Å². The summed E-state index contributed by atoms with van der Waals surface area (Å²) in [4.78, 5) is 0. The molecule has 2 nitrogen and oxygen atoms in total. The molecule has 25 heavy (non-hydrogen) atoms. The molecular formula is C21H28O2SeSi. The van der Waals surface area contributed by atoms with Crippen molar-refractivity contribution in [1.29, 1.82) is 0 Å². The SMILES string of the molecule is CC[C@H](O)c1ccccc1[Se][C@@]1([Si](C)(C)c2ccccc2)CCOC1. The summed E-state index contributed by atoms with van der Waals surface area (Å²) < 4.78 is 7.55. The van der Waals surface area contributed by atoms with E-state index in [2.05, 4.69) is 61.6 Å². The second kappa shape index (κ2) is 7.77. The number of benzene rings is 2. The first-order valence-corrected chi connectivity index (χ1v) is 13.8. The molecule has 134 valence electrons. The van der Waals surface area contributed by atoms with Crippen LogP contribution < -0.4 is 9.65 Å². The molecule has 1 fully saturated rings. The predicted octanol–water partition coefficient (Wildman–Crippen LogP) is 3.19. The van der Waals surface area contributed by atoms with E-state index >= 15 is 0 Å². The zero-order chi connectivity index (χ0) is 17.9. The molecule has 0 spiro atoms. The van der Waals surface area contributed by atoms with Gasteiger partial charge in [-0.1, -0.05) is 0 Å². The van der Waals surface area contributed by atoms with Gasteiger partial charge in [-0.2, -0.15) is 0 Å². The Kier molecular flexibility index (Phi) is 5.87. The Hall–Kier alpha value is -0.904. The minimum atomic E-state index is -1.73. The average Bonchev–Trinajstić information content (AvgIpc) is 3.12. The van der Waals surface area contributed by atoms with Crippen molar-refractivity contribution in [2.24, 2.45) is 0 Å². The summed E-state index contributed by atoms with van der Waals surface area (Å²) in [6.07, 6.45) is 1.53. The van der Waals surface area contributed by atoms with Crippen LogP contribution in [0.15, 0.2) is 54.6 Å². The van der Waals surface area contributed by atoms with Crippen molar-refractivity contribution in [2.75, 3.05) is 13.2 Å². The van der Waals surface area contributed by atoms with Gasteiger partial charge < -0.3 is 0 Å². The number of hydrogen-bond donors (Lipinski definition) is 1. The fourth-order valence-electron chi connectivity index (χ4n) is 3.64. The fourth-order valence-corrected chi connectivity index (χ4v) is 12.1. The van der Waals surface area contributed by atoms with Crippen molar-refractivity contribution in [3.05, 3.63) is 60.2 Å². The van der Waals surface area contributed by atoms with Crippen LogP contribution in [-0.4, -0.2) is 41.4 Å². The maximum absolute atomic E-state index is 10.5. The van der Waals surface area contributed by atoms with Crippen LogP contribution in [0.2, 0.25) is 17.0 Å². The van der Waals surface area contributed by atoms with Gasteiger partial charge in [-0.25, -0.2) is 0 Å². The molecule has 1 saturated heterocycles. The van der Waals surface area contributed by atoms with Crippen molar-refractivity contribution >= 4 is 32.7 Å². The van der Waals surface area contributed by atoms with Gasteiger partial charge in [-0.15, -0.1) is 0 Å². The van der Waals surface area contributed by atoms with E-state index in [4.69, 9.17) is 4.74 Å². The average molecular weight is 419 g/mol. The number of ether oxygens (including phenoxy) is 1. The van der Waals surface area contributed by atoms with Crippen LogP contribution in [0, 0.1) is 0 Å². The van der Waals surface area contributed by atoms with Crippen LogP contribution in [0.1, 0.15) is 31.4 Å². The first-order chi connectivity index (χ1) is 12.0. The molecule has 0 aliphatic carbocycles. The van der Waals surface area contributed by atoms with Crippen LogP contribution in [-0.2, 0) is 4.74 Å². The number of aliphatic hydroxyl groups excluding tert-OH is 1. The van der Waals surface area contributed by atoms with Crippen LogP contribution in [0.3, 0.4) is 0 Å².